The number of amides is 3. The third-order valence-electron chi connectivity index (χ3n) is 5.48. The van der Waals surface area contributed by atoms with Crippen LogP contribution < -0.4 is 21.3 Å². The quantitative estimate of drug-likeness (QED) is 0.325. The number of hydrogen-bond donors (Lipinski definition) is 3. The Labute approximate surface area is 216 Å². The number of benzene rings is 3. The predicted molar refractivity (Wildman–Crippen MR) is 145 cm³/mol. The van der Waals surface area contributed by atoms with Gasteiger partial charge in [0.15, 0.2) is 0 Å². The molecule has 36 heavy (non-hydrogen) atoms. The summed E-state index contributed by atoms with van der Waals surface area (Å²) in [4.78, 5) is 28.9. The number of likely N-dealkylation sites (N-methyl/N-ethyl adjacent to an activating group) is 1. The van der Waals surface area contributed by atoms with Gasteiger partial charge in [0.2, 0.25) is 5.91 Å². The number of rotatable bonds is 10. The zero-order valence-electron chi connectivity index (χ0n) is 20.4. The van der Waals surface area contributed by atoms with Gasteiger partial charge in [0.1, 0.15) is 5.82 Å². The lowest BCUT2D eigenvalue weighted by Crippen LogP contribution is -2.37. The first kappa shape index (κ1) is 27.0. The Morgan fingerprint density at radius 2 is 1.72 bits per heavy atom. The molecule has 190 valence electrons. The molecule has 0 aromatic heterocycles. The van der Waals surface area contributed by atoms with E-state index in [9.17, 15) is 14.0 Å². The number of nitrogen functional groups attached to an aromatic ring is 1. The number of carbonyl (C=O) groups is 2. The summed E-state index contributed by atoms with van der Waals surface area (Å²) in [6, 6.07) is 18.6. The van der Waals surface area contributed by atoms with Gasteiger partial charge in [0.25, 0.3) is 0 Å². The molecule has 0 bridgehead atoms. The zero-order valence-corrected chi connectivity index (χ0v) is 21.2. The van der Waals surface area contributed by atoms with Crippen molar-refractivity contribution < 1.29 is 14.0 Å². The molecular formula is C27H31ClFN5O2. The molecule has 0 atom stereocenters. The third-order valence-corrected chi connectivity index (χ3v) is 5.77. The Morgan fingerprint density at radius 1 is 0.972 bits per heavy atom. The highest BCUT2D eigenvalue weighted by molar-refractivity contribution is 6.31. The van der Waals surface area contributed by atoms with E-state index in [0.29, 0.717) is 36.6 Å². The van der Waals surface area contributed by atoms with Crippen LogP contribution in [0.25, 0.3) is 11.1 Å². The fraction of sp³-hybridized carbons (Fsp3) is 0.259. The molecule has 0 aliphatic carbocycles. The number of nitrogens with zero attached hydrogens (tertiary/aromatic N) is 2. The molecule has 3 amide bonds. The summed E-state index contributed by atoms with van der Waals surface area (Å²) in [5.41, 5.74) is 9.51. The van der Waals surface area contributed by atoms with Crippen LogP contribution in [0.15, 0.2) is 66.7 Å². The van der Waals surface area contributed by atoms with E-state index in [1.807, 2.05) is 67.5 Å². The van der Waals surface area contributed by atoms with Crippen molar-refractivity contribution in [1.29, 1.82) is 0 Å². The van der Waals surface area contributed by atoms with Crippen molar-refractivity contribution in [3.63, 3.8) is 0 Å². The molecule has 7 nitrogen and oxygen atoms in total. The smallest absolute Gasteiger partial charge is 0.326 e. The molecule has 3 aromatic rings. The monoisotopic (exact) mass is 511 g/mol. The lowest BCUT2D eigenvalue weighted by Gasteiger charge is -2.24. The first-order valence-electron chi connectivity index (χ1n) is 11.6. The van der Waals surface area contributed by atoms with Gasteiger partial charge in [-0.05, 0) is 74.1 Å². The second-order valence-electron chi connectivity index (χ2n) is 8.64. The Hall–Kier alpha value is -3.62. The summed E-state index contributed by atoms with van der Waals surface area (Å²) >= 11 is 5.86. The Bertz CT molecular complexity index is 1190. The molecule has 0 saturated heterocycles. The molecule has 4 N–H and O–H groups in total. The van der Waals surface area contributed by atoms with Gasteiger partial charge >= 0.3 is 6.03 Å². The highest BCUT2D eigenvalue weighted by atomic mass is 35.5. The lowest BCUT2D eigenvalue weighted by atomic mass is 10.0. The Balaban J connectivity index is 1.73. The maximum absolute atomic E-state index is 13.5. The average molecular weight is 512 g/mol. The lowest BCUT2D eigenvalue weighted by molar-refractivity contribution is -0.121. The summed E-state index contributed by atoms with van der Waals surface area (Å²) in [5.74, 6) is -0.636. The van der Waals surface area contributed by atoms with Crippen molar-refractivity contribution in [3.05, 3.63) is 77.6 Å². The molecule has 0 aliphatic rings. The van der Waals surface area contributed by atoms with Crippen LogP contribution in [0.4, 0.5) is 26.2 Å². The molecule has 0 unspecified atom stereocenters. The third kappa shape index (κ3) is 7.96. The molecule has 0 spiro atoms. The van der Waals surface area contributed by atoms with Crippen LogP contribution >= 0.6 is 11.6 Å². The van der Waals surface area contributed by atoms with Crippen molar-refractivity contribution in [2.24, 2.45) is 0 Å². The van der Waals surface area contributed by atoms with Gasteiger partial charge in [-0.2, -0.15) is 0 Å². The van der Waals surface area contributed by atoms with Crippen molar-refractivity contribution in [3.8, 4) is 11.1 Å². The molecule has 3 rings (SSSR count). The summed E-state index contributed by atoms with van der Waals surface area (Å²) in [6.07, 6.45) is 0.739. The van der Waals surface area contributed by atoms with Crippen LogP contribution in [-0.2, 0) is 4.79 Å². The van der Waals surface area contributed by atoms with E-state index >= 15 is 0 Å². The first-order valence-corrected chi connectivity index (χ1v) is 12.0. The van der Waals surface area contributed by atoms with Crippen LogP contribution in [-0.4, -0.2) is 50.6 Å². The largest absolute Gasteiger partial charge is 0.399 e. The maximum atomic E-state index is 13.5. The van der Waals surface area contributed by atoms with Crippen LogP contribution in [0.2, 0.25) is 5.02 Å². The summed E-state index contributed by atoms with van der Waals surface area (Å²) < 4.78 is 13.5. The highest BCUT2D eigenvalue weighted by Gasteiger charge is 2.17. The van der Waals surface area contributed by atoms with Crippen LogP contribution in [0, 0.1) is 5.82 Å². The fourth-order valence-electron chi connectivity index (χ4n) is 3.57. The number of nitrogens with two attached hydrogens (primary N) is 1. The van der Waals surface area contributed by atoms with Gasteiger partial charge < -0.3 is 21.3 Å². The number of carbonyl (C=O) groups excluding carboxylic acids is 2. The molecule has 9 heteroatoms. The number of nitrogens with one attached hydrogen (secondary N) is 2. The Kier molecular flexibility index (Phi) is 9.67. The van der Waals surface area contributed by atoms with Crippen molar-refractivity contribution in [2.45, 2.75) is 12.8 Å². The molecule has 0 fully saturated rings. The van der Waals surface area contributed by atoms with Gasteiger partial charge in [0.05, 0.1) is 5.02 Å². The molecule has 0 radical (unpaired) electrons. The number of halogens is 2. The van der Waals surface area contributed by atoms with E-state index in [2.05, 4.69) is 10.6 Å². The minimum Gasteiger partial charge on any atom is -0.399 e. The van der Waals surface area contributed by atoms with Crippen LogP contribution in [0.5, 0.6) is 0 Å². The molecule has 3 aromatic carbocycles. The molecule has 0 heterocycles. The molecular weight excluding hydrogens is 481 g/mol. The predicted octanol–water partition coefficient (Wildman–Crippen LogP) is 5.22. The molecule has 0 saturated carbocycles. The second-order valence-corrected chi connectivity index (χ2v) is 9.05. The normalized spacial score (nSPS) is 10.8. The zero-order chi connectivity index (χ0) is 26.1. The average Bonchev–Trinajstić information content (AvgIpc) is 2.84. The topological polar surface area (TPSA) is 90.7 Å². The van der Waals surface area contributed by atoms with Crippen LogP contribution in [0.1, 0.15) is 12.8 Å². The standard InChI is InChI=1S/C27H31ClFN5O2/c1-33(2)16-14-31-26(35)7-4-15-34(27(36)32-22-10-13-25(29)24(28)18-22)23-11-8-19(9-12-23)20-5-3-6-21(30)17-20/h3,5-6,8-13,17-18H,4,7,14-16,30H2,1-2H3,(H,31,35)(H,32,36). The second kappa shape index (κ2) is 12.9. The summed E-state index contributed by atoms with van der Waals surface area (Å²) in [5, 5.41) is 5.56. The van der Waals surface area contributed by atoms with E-state index in [1.54, 1.807) is 4.90 Å². The van der Waals surface area contributed by atoms with Crippen molar-refractivity contribution in [1.82, 2.24) is 10.2 Å². The van der Waals surface area contributed by atoms with Crippen molar-refractivity contribution in [2.75, 3.05) is 49.7 Å². The highest BCUT2D eigenvalue weighted by Crippen LogP contribution is 2.26. The minimum absolute atomic E-state index is 0.0699. The maximum Gasteiger partial charge on any atom is 0.326 e. The number of urea groups is 1. The van der Waals surface area contributed by atoms with E-state index in [0.717, 1.165) is 17.7 Å². The number of hydrogen-bond acceptors (Lipinski definition) is 4. The van der Waals surface area contributed by atoms with E-state index in [1.165, 1.54) is 18.2 Å². The van der Waals surface area contributed by atoms with E-state index in [4.69, 9.17) is 17.3 Å². The van der Waals surface area contributed by atoms with Gasteiger partial charge in [-0.3, -0.25) is 9.69 Å². The van der Waals surface area contributed by atoms with E-state index in [-0.39, 0.29) is 17.4 Å². The first-order chi connectivity index (χ1) is 17.2. The summed E-state index contributed by atoms with van der Waals surface area (Å²) in [7, 11) is 3.88. The molecule has 0 aliphatic heterocycles. The number of anilines is 3. The van der Waals surface area contributed by atoms with E-state index < -0.39 is 11.8 Å². The Morgan fingerprint density at radius 3 is 2.39 bits per heavy atom. The van der Waals surface area contributed by atoms with Gasteiger partial charge in [-0.1, -0.05) is 35.9 Å². The van der Waals surface area contributed by atoms with Gasteiger partial charge in [0, 0.05) is 43.1 Å². The minimum atomic E-state index is -0.566. The van der Waals surface area contributed by atoms with Gasteiger partial charge in [-0.15, -0.1) is 0 Å². The van der Waals surface area contributed by atoms with Gasteiger partial charge in [-0.25, -0.2) is 9.18 Å². The SMILES string of the molecule is CN(C)CCNC(=O)CCCN(C(=O)Nc1ccc(F)c(Cl)c1)c1ccc(-c2cccc(N)c2)cc1. The fourth-order valence-corrected chi connectivity index (χ4v) is 3.75. The van der Waals surface area contributed by atoms with Crippen LogP contribution in [0.3, 0.4) is 0 Å². The summed E-state index contributed by atoms with van der Waals surface area (Å²) in [6.45, 7) is 1.62. The van der Waals surface area contributed by atoms with Crippen molar-refractivity contribution >= 4 is 40.6 Å².